The summed E-state index contributed by atoms with van der Waals surface area (Å²) in [6, 6.07) is 11.1. The molecule has 1 atom stereocenters. The van der Waals surface area contributed by atoms with Crippen molar-refractivity contribution in [2.75, 3.05) is 0 Å². The molecule has 0 radical (unpaired) electrons. The summed E-state index contributed by atoms with van der Waals surface area (Å²) in [5.41, 5.74) is 9.27. The predicted octanol–water partition coefficient (Wildman–Crippen LogP) is 4.11. The normalized spacial score (nSPS) is 17.1. The SMILES string of the molecule is N[C@H]1CCc2cc(OCc3cccc(F)c3Br)ccc21. The standard InChI is InChI=1S/C16H15BrFNO/c17-16-11(2-1-3-14(16)18)9-20-12-5-6-13-10(8-12)4-7-15(13)19/h1-3,5-6,8,15H,4,7,9,19H2/t15-/m0/s1. The van der Waals surface area contributed by atoms with Crippen LogP contribution in [0, 0.1) is 5.82 Å². The Bertz CT molecular complexity index is 644. The summed E-state index contributed by atoms with van der Waals surface area (Å²) in [6.07, 6.45) is 1.99. The van der Waals surface area contributed by atoms with E-state index >= 15 is 0 Å². The topological polar surface area (TPSA) is 35.2 Å². The highest BCUT2D eigenvalue weighted by Gasteiger charge is 2.19. The lowest BCUT2D eigenvalue weighted by molar-refractivity contribution is 0.304. The smallest absolute Gasteiger partial charge is 0.137 e. The zero-order valence-corrected chi connectivity index (χ0v) is 12.5. The largest absolute Gasteiger partial charge is 0.489 e. The van der Waals surface area contributed by atoms with Crippen molar-refractivity contribution >= 4 is 15.9 Å². The summed E-state index contributed by atoms with van der Waals surface area (Å²) in [4.78, 5) is 0. The first-order valence-corrected chi connectivity index (χ1v) is 7.38. The maximum absolute atomic E-state index is 13.4. The van der Waals surface area contributed by atoms with Crippen LogP contribution in [0.15, 0.2) is 40.9 Å². The fourth-order valence-electron chi connectivity index (χ4n) is 2.54. The van der Waals surface area contributed by atoms with E-state index in [4.69, 9.17) is 10.5 Å². The van der Waals surface area contributed by atoms with E-state index in [2.05, 4.69) is 15.9 Å². The van der Waals surface area contributed by atoms with Gasteiger partial charge in [-0.1, -0.05) is 18.2 Å². The van der Waals surface area contributed by atoms with Crippen LogP contribution in [0.25, 0.3) is 0 Å². The molecule has 3 rings (SSSR count). The van der Waals surface area contributed by atoms with Crippen molar-refractivity contribution in [3.63, 3.8) is 0 Å². The van der Waals surface area contributed by atoms with Crippen LogP contribution in [-0.4, -0.2) is 0 Å². The zero-order valence-electron chi connectivity index (χ0n) is 10.9. The van der Waals surface area contributed by atoms with Gasteiger partial charge in [0.2, 0.25) is 0 Å². The van der Waals surface area contributed by atoms with E-state index in [0.717, 1.165) is 24.2 Å². The van der Waals surface area contributed by atoms with Crippen molar-refractivity contribution in [3.8, 4) is 5.75 Å². The van der Waals surface area contributed by atoms with E-state index in [1.54, 1.807) is 6.07 Å². The lowest BCUT2D eigenvalue weighted by Gasteiger charge is -2.10. The number of aryl methyl sites for hydroxylation is 1. The number of benzene rings is 2. The van der Waals surface area contributed by atoms with Gasteiger partial charge in [0.15, 0.2) is 0 Å². The number of ether oxygens (including phenoxy) is 1. The molecule has 1 aliphatic carbocycles. The van der Waals surface area contributed by atoms with Gasteiger partial charge in [-0.05, 0) is 58.1 Å². The van der Waals surface area contributed by atoms with E-state index in [1.165, 1.54) is 17.2 Å². The molecule has 2 nitrogen and oxygen atoms in total. The molecule has 0 aromatic heterocycles. The minimum Gasteiger partial charge on any atom is -0.489 e. The minimum absolute atomic E-state index is 0.149. The van der Waals surface area contributed by atoms with Gasteiger partial charge in [0.1, 0.15) is 18.2 Å². The average molecular weight is 336 g/mol. The summed E-state index contributed by atoms with van der Waals surface area (Å²) in [7, 11) is 0. The second-order valence-electron chi connectivity index (χ2n) is 5.01. The molecule has 0 amide bonds. The van der Waals surface area contributed by atoms with Gasteiger partial charge in [-0.2, -0.15) is 0 Å². The van der Waals surface area contributed by atoms with Crippen LogP contribution in [0.1, 0.15) is 29.2 Å². The van der Waals surface area contributed by atoms with Gasteiger partial charge in [0.25, 0.3) is 0 Å². The fraction of sp³-hybridized carbons (Fsp3) is 0.250. The molecule has 2 aromatic rings. The van der Waals surface area contributed by atoms with E-state index in [9.17, 15) is 4.39 Å². The molecule has 0 saturated carbocycles. The van der Waals surface area contributed by atoms with Crippen LogP contribution >= 0.6 is 15.9 Å². The van der Waals surface area contributed by atoms with Crippen molar-refractivity contribution in [1.82, 2.24) is 0 Å². The first-order chi connectivity index (χ1) is 9.65. The molecule has 0 heterocycles. The lowest BCUT2D eigenvalue weighted by Crippen LogP contribution is -2.05. The van der Waals surface area contributed by atoms with Gasteiger partial charge in [-0.25, -0.2) is 4.39 Å². The monoisotopic (exact) mass is 335 g/mol. The molecule has 20 heavy (non-hydrogen) atoms. The highest BCUT2D eigenvalue weighted by molar-refractivity contribution is 9.10. The third-order valence-electron chi connectivity index (χ3n) is 3.66. The Morgan fingerprint density at radius 3 is 3.00 bits per heavy atom. The minimum atomic E-state index is -0.272. The second-order valence-corrected chi connectivity index (χ2v) is 5.80. The molecule has 0 saturated heterocycles. The first kappa shape index (κ1) is 13.6. The molecule has 0 unspecified atom stereocenters. The van der Waals surface area contributed by atoms with Gasteiger partial charge in [-0.15, -0.1) is 0 Å². The Labute approximate surface area is 125 Å². The van der Waals surface area contributed by atoms with Crippen LogP contribution in [0.4, 0.5) is 4.39 Å². The maximum Gasteiger partial charge on any atom is 0.137 e. The Balaban J connectivity index is 1.74. The number of hydrogen-bond donors (Lipinski definition) is 1. The third kappa shape index (κ3) is 2.58. The lowest BCUT2D eigenvalue weighted by atomic mass is 10.1. The maximum atomic E-state index is 13.4. The molecule has 1 aliphatic rings. The molecular weight excluding hydrogens is 321 g/mol. The molecule has 0 spiro atoms. The van der Waals surface area contributed by atoms with Crippen LogP contribution in [-0.2, 0) is 13.0 Å². The van der Waals surface area contributed by atoms with Crippen molar-refractivity contribution in [3.05, 3.63) is 63.4 Å². The van der Waals surface area contributed by atoms with Gasteiger partial charge in [0.05, 0.1) is 4.47 Å². The summed E-state index contributed by atoms with van der Waals surface area (Å²) in [5.74, 6) is 0.528. The second kappa shape index (κ2) is 5.54. The number of rotatable bonds is 3. The van der Waals surface area contributed by atoms with Crippen LogP contribution in [0.2, 0.25) is 0 Å². The number of nitrogens with two attached hydrogens (primary N) is 1. The Morgan fingerprint density at radius 2 is 2.15 bits per heavy atom. The number of halogens is 2. The summed E-state index contributed by atoms with van der Waals surface area (Å²) >= 11 is 3.24. The van der Waals surface area contributed by atoms with E-state index in [0.29, 0.717) is 11.1 Å². The molecule has 4 heteroatoms. The van der Waals surface area contributed by atoms with Gasteiger partial charge >= 0.3 is 0 Å². The summed E-state index contributed by atoms with van der Waals surface area (Å²) < 4.78 is 19.6. The summed E-state index contributed by atoms with van der Waals surface area (Å²) in [5, 5.41) is 0. The highest BCUT2D eigenvalue weighted by Crippen LogP contribution is 2.32. The fourth-order valence-corrected chi connectivity index (χ4v) is 2.92. The van der Waals surface area contributed by atoms with E-state index < -0.39 is 0 Å². The third-order valence-corrected chi connectivity index (χ3v) is 4.55. The van der Waals surface area contributed by atoms with Crippen LogP contribution in [0.3, 0.4) is 0 Å². The van der Waals surface area contributed by atoms with Gasteiger partial charge in [-0.3, -0.25) is 0 Å². The Kier molecular flexibility index (Phi) is 3.76. The summed E-state index contributed by atoms with van der Waals surface area (Å²) in [6.45, 7) is 0.336. The molecule has 0 aliphatic heterocycles. The van der Waals surface area contributed by atoms with Crippen molar-refractivity contribution in [1.29, 1.82) is 0 Å². The Hall–Kier alpha value is -1.39. The molecular formula is C16H15BrFNO. The molecule has 2 N–H and O–H groups in total. The van der Waals surface area contributed by atoms with Crippen molar-refractivity contribution in [2.45, 2.75) is 25.5 Å². The molecule has 0 fully saturated rings. The Morgan fingerprint density at radius 1 is 1.30 bits per heavy atom. The average Bonchev–Trinajstić information content (AvgIpc) is 2.82. The molecule has 0 bridgehead atoms. The quantitative estimate of drug-likeness (QED) is 0.915. The van der Waals surface area contributed by atoms with Gasteiger partial charge < -0.3 is 10.5 Å². The van der Waals surface area contributed by atoms with Crippen molar-refractivity contribution in [2.24, 2.45) is 5.73 Å². The van der Waals surface area contributed by atoms with Crippen LogP contribution < -0.4 is 10.5 Å². The number of fused-ring (bicyclic) bond motifs is 1. The predicted molar refractivity (Wildman–Crippen MR) is 80.1 cm³/mol. The molecule has 2 aromatic carbocycles. The zero-order chi connectivity index (χ0) is 14.1. The van der Waals surface area contributed by atoms with Crippen LogP contribution in [0.5, 0.6) is 5.75 Å². The number of hydrogen-bond acceptors (Lipinski definition) is 2. The van der Waals surface area contributed by atoms with Gasteiger partial charge in [0, 0.05) is 11.6 Å². The first-order valence-electron chi connectivity index (χ1n) is 6.59. The molecule has 104 valence electrons. The van der Waals surface area contributed by atoms with Crippen molar-refractivity contribution < 1.29 is 9.13 Å². The highest BCUT2D eigenvalue weighted by atomic mass is 79.9. The van der Waals surface area contributed by atoms with E-state index in [1.807, 2.05) is 24.3 Å². The van der Waals surface area contributed by atoms with E-state index in [-0.39, 0.29) is 11.9 Å².